The number of rotatable bonds is 2. The molecule has 0 amide bonds. The number of hydrogen-bond donors (Lipinski definition) is 0. The fourth-order valence-corrected chi connectivity index (χ4v) is 5.31. The van der Waals surface area contributed by atoms with Crippen LogP contribution >= 0.6 is 0 Å². The molecular formula is C31H20N2O. The van der Waals surface area contributed by atoms with Crippen molar-refractivity contribution in [1.82, 2.24) is 9.13 Å². The lowest BCUT2D eigenvalue weighted by Gasteiger charge is -2.15. The quantitative estimate of drug-likeness (QED) is 0.262. The SMILES string of the molecule is O=c1c2ccccc2c2c3c4ccccc4n(-c4ccccc4)c3ccc2n1-c1ccccc1. The van der Waals surface area contributed by atoms with Crippen LogP contribution in [0, 0.1) is 0 Å². The molecule has 0 fully saturated rings. The molecule has 0 aliphatic rings. The summed E-state index contributed by atoms with van der Waals surface area (Å²) in [7, 11) is 0. The highest BCUT2D eigenvalue weighted by molar-refractivity contribution is 6.27. The molecule has 0 unspecified atom stereocenters. The van der Waals surface area contributed by atoms with Crippen LogP contribution in [-0.2, 0) is 0 Å². The molecule has 7 aromatic rings. The summed E-state index contributed by atoms with van der Waals surface area (Å²) in [6, 6.07) is 41.1. The van der Waals surface area contributed by atoms with Crippen LogP contribution in [0.5, 0.6) is 0 Å². The van der Waals surface area contributed by atoms with Gasteiger partial charge in [0.2, 0.25) is 0 Å². The minimum Gasteiger partial charge on any atom is -0.309 e. The standard InChI is InChI=1S/C31H20N2O/c34-31-24-16-8-7-15-23(24)29-28(33(31)22-13-5-2-6-14-22)20-19-27-30(29)25-17-9-10-18-26(25)32(27)21-11-3-1-4-12-21/h1-20H. The highest BCUT2D eigenvalue weighted by atomic mass is 16.1. The molecule has 0 radical (unpaired) electrons. The van der Waals surface area contributed by atoms with Crippen LogP contribution in [0.4, 0.5) is 0 Å². The van der Waals surface area contributed by atoms with Gasteiger partial charge in [-0.25, -0.2) is 0 Å². The highest BCUT2D eigenvalue weighted by Crippen LogP contribution is 2.39. The van der Waals surface area contributed by atoms with Gasteiger partial charge in [-0.05, 0) is 53.9 Å². The van der Waals surface area contributed by atoms with E-state index >= 15 is 0 Å². The lowest BCUT2D eigenvalue weighted by molar-refractivity contribution is 1.06. The zero-order valence-corrected chi connectivity index (χ0v) is 18.3. The summed E-state index contributed by atoms with van der Waals surface area (Å²) in [5.74, 6) is 0. The molecule has 0 saturated carbocycles. The van der Waals surface area contributed by atoms with E-state index < -0.39 is 0 Å². The lowest BCUT2D eigenvalue weighted by atomic mass is 10.0. The Morgan fingerprint density at radius 1 is 0.382 bits per heavy atom. The maximum absolute atomic E-state index is 13.7. The molecule has 0 bridgehead atoms. The molecule has 0 aliphatic carbocycles. The van der Waals surface area contributed by atoms with Gasteiger partial charge in [0.25, 0.3) is 5.56 Å². The molecule has 0 saturated heterocycles. The summed E-state index contributed by atoms with van der Waals surface area (Å²) >= 11 is 0. The van der Waals surface area contributed by atoms with Gasteiger partial charge in [0.05, 0.1) is 16.6 Å². The van der Waals surface area contributed by atoms with E-state index in [9.17, 15) is 4.79 Å². The third-order valence-electron chi connectivity index (χ3n) is 6.72. The Kier molecular flexibility index (Phi) is 4.00. The minimum atomic E-state index is 0.000414. The van der Waals surface area contributed by atoms with Crippen LogP contribution < -0.4 is 5.56 Å². The predicted molar refractivity (Wildman–Crippen MR) is 141 cm³/mol. The van der Waals surface area contributed by atoms with Gasteiger partial charge < -0.3 is 4.57 Å². The Hall–Kier alpha value is -4.63. The van der Waals surface area contributed by atoms with Gasteiger partial charge in [0.15, 0.2) is 0 Å². The van der Waals surface area contributed by atoms with Crippen molar-refractivity contribution in [2.45, 2.75) is 0 Å². The van der Waals surface area contributed by atoms with Crippen molar-refractivity contribution in [3.8, 4) is 11.4 Å². The Balaban J connectivity index is 1.79. The van der Waals surface area contributed by atoms with E-state index in [0.29, 0.717) is 0 Å². The molecule has 7 rings (SSSR count). The van der Waals surface area contributed by atoms with Crippen LogP contribution in [0.2, 0.25) is 0 Å². The fraction of sp³-hybridized carbons (Fsp3) is 0. The van der Waals surface area contributed by atoms with Gasteiger partial charge in [-0.2, -0.15) is 0 Å². The molecular weight excluding hydrogens is 416 g/mol. The Morgan fingerprint density at radius 3 is 1.53 bits per heavy atom. The first kappa shape index (κ1) is 18.9. The summed E-state index contributed by atoms with van der Waals surface area (Å²) in [6.07, 6.45) is 0. The van der Waals surface area contributed by atoms with E-state index in [4.69, 9.17) is 0 Å². The van der Waals surface area contributed by atoms with Gasteiger partial charge >= 0.3 is 0 Å². The number of nitrogens with zero attached hydrogens (tertiary/aromatic N) is 2. The van der Waals surface area contributed by atoms with Gasteiger partial charge in [0, 0.05) is 32.9 Å². The predicted octanol–water partition coefficient (Wildman–Crippen LogP) is 7.24. The van der Waals surface area contributed by atoms with E-state index in [1.165, 1.54) is 5.39 Å². The average Bonchev–Trinajstić information content (AvgIpc) is 3.24. The summed E-state index contributed by atoms with van der Waals surface area (Å²) < 4.78 is 4.17. The first-order chi connectivity index (χ1) is 16.8. The van der Waals surface area contributed by atoms with Crippen LogP contribution in [-0.4, -0.2) is 9.13 Å². The van der Waals surface area contributed by atoms with Crippen molar-refractivity contribution in [1.29, 1.82) is 0 Å². The van der Waals surface area contributed by atoms with Crippen molar-refractivity contribution < 1.29 is 0 Å². The molecule has 0 atom stereocenters. The number of para-hydroxylation sites is 3. The van der Waals surface area contributed by atoms with Crippen molar-refractivity contribution in [3.63, 3.8) is 0 Å². The van der Waals surface area contributed by atoms with E-state index in [1.807, 2.05) is 59.2 Å². The molecule has 3 nitrogen and oxygen atoms in total. The first-order valence-electron chi connectivity index (χ1n) is 11.4. The van der Waals surface area contributed by atoms with Gasteiger partial charge in [-0.1, -0.05) is 72.8 Å². The van der Waals surface area contributed by atoms with Gasteiger partial charge in [-0.15, -0.1) is 0 Å². The second kappa shape index (κ2) is 7.19. The topological polar surface area (TPSA) is 26.9 Å². The number of aromatic nitrogens is 2. The Morgan fingerprint density at radius 2 is 0.853 bits per heavy atom. The maximum Gasteiger partial charge on any atom is 0.263 e. The third kappa shape index (κ3) is 2.55. The molecule has 34 heavy (non-hydrogen) atoms. The van der Waals surface area contributed by atoms with Crippen LogP contribution in [0.1, 0.15) is 0 Å². The number of benzene rings is 5. The smallest absolute Gasteiger partial charge is 0.263 e. The van der Waals surface area contributed by atoms with Crippen molar-refractivity contribution in [3.05, 3.63) is 132 Å². The second-order valence-corrected chi connectivity index (χ2v) is 8.56. The molecule has 0 aliphatic heterocycles. The van der Waals surface area contributed by atoms with E-state index in [2.05, 4.69) is 71.3 Å². The van der Waals surface area contributed by atoms with E-state index in [0.717, 1.165) is 49.5 Å². The number of pyridine rings is 1. The number of fused-ring (bicyclic) bond motifs is 7. The molecule has 3 heteroatoms. The highest BCUT2D eigenvalue weighted by Gasteiger charge is 2.19. The minimum absolute atomic E-state index is 0.000414. The van der Waals surface area contributed by atoms with E-state index in [1.54, 1.807) is 0 Å². The van der Waals surface area contributed by atoms with Crippen LogP contribution in [0.3, 0.4) is 0 Å². The zero-order chi connectivity index (χ0) is 22.6. The molecule has 2 aromatic heterocycles. The van der Waals surface area contributed by atoms with Crippen LogP contribution in [0.25, 0.3) is 54.9 Å². The van der Waals surface area contributed by atoms with Gasteiger partial charge in [0.1, 0.15) is 0 Å². The van der Waals surface area contributed by atoms with E-state index in [-0.39, 0.29) is 5.56 Å². The first-order valence-corrected chi connectivity index (χ1v) is 11.4. The third-order valence-corrected chi connectivity index (χ3v) is 6.72. The van der Waals surface area contributed by atoms with Crippen molar-refractivity contribution in [2.75, 3.05) is 0 Å². The van der Waals surface area contributed by atoms with Gasteiger partial charge in [-0.3, -0.25) is 9.36 Å². The largest absolute Gasteiger partial charge is 0.309 e. The molecule has 2 heterocycles. The summed E-state index contributed by atoms with van der Waals surface area (Å²) in [5.41, 5.74) is 5.18. The Labute approximate surface area is 195 Å². The fourth-order valence-electron chi connectivity index (χ4n) is 5.31. The molecule has 5 aromatic carbocycles. The summed E-state index contributed by atoms with van der Waals surface area (Å²) in [5, 5.41) is 5.15. The second-order valence-electron chi connectivity index (χ2n) is 8.56. The maximum atomic E-state index is 13.7. The lowest BCUT2D eigenvalue weighted by Crippen LogP contribution is -2.19. The normalized spacial score (nSPS) is 11.6. The molecule has 0 spiro atoms. The Bertz CT molecular complexity index is 1910. The summed E-state index contributed by atoms with van der Waals surface area (Å²) in [4.78, 5) is 13.7. The van der Waals surface area contributed by atoms with Crippen molar-refractivity contribution >= 4 is 43.5 Å². The zero-order valence-electron chi connectivity index (χ0n) is 18.3. The monoisotopic (exact) mass is 436 g/mol. The van der Waals surface area contributed by atoms with Crippen molar-refractivity contribution in [2.24, 2.45) is 0 Å². The molecule has 0 N–H and O–H groups in total. The molecule has 160 valence electrons. The summed E-state index contributed by atoms with van der Waals surface area (Å²) in [6.45, 7) is 0. The average molecular weight is 437 g/mol. The van der Waals surface area contributed by atoms with Crippen LogP contribution in [0.15, 0.2) is 126 Å². The number of hydrogen-bond acceptors (Lipinski definition) is 1.